The Bertz CT molecular complexity index is 1140. The summed E-state index contributed by atoms with van der Waals surface area (Å²) in [6.45, 7) is 8.51. The first kappa shape index (κ1) is 30.0. The number of para-hydroxylation sites is 1. The zero-order chi connectivity index (χ0) is 27.8. The molecule has 2 heterocycles. The minimum atomic E-state index is -0.0632. The molecule has 12 heteroatoms. The fourth-order valence-corrected chi connectivity index (χ4v) is 5.35. The predicted octanol–water partition coefficient (Wildman–Crippen LogP) is 1.65. The number of hydrogen-bond donors (Lipinski definition) is 2. The van der Waals surface area contributed by atoms with Crippen LogP contribution >= 0.6 is 11.8 Å². The zero-order valence-electron chi connectivity index (χ0n) is 22.8. The molecule has 0 radical (unpaired) electrons. The molecule has 2 aliphatic heterocycles. The lowest BCUT2D eigenvalue weighted by molar-refractivity contribution is 0.0516. The Morgan fingerprint density at radius 1 is 0.875 bits per heavy atom. The van der Waals surface area contributed by atoms with E-state index in [0.717, 1.165) is 44.2 Å². The van der Waals surface area contributed by atoms with Gasteiger partial charge in [0.05, 0.1) is 50.2 Å². The van der Waals surface area contributed by atoms with Crippen LogP contribution in [0.15, 0.2) is 63.3 Å². The number of amidine groups is 2. The van der Waals surface area contributed by atoms with Crippen molar-refractivity contribution in [2.75, 3.05) is 92.1 Å². The van der Waals surface area contributed by atoms with Crippen LogP contribution < -0.4 is 15.9 Å². The maximum atomic E-state index is 11.0. The number of nitroso groups, excluding NO2 is 1. The van der Waals surface area contributed by atoms with E-state index >= 15 is 0 Å². The first-order chi connectivity index (χ1) is 19.8. The van der Waals surface area contributed by atoms with Crippen molar-refractivity contribution in [3.05, 3.63) is 59.0 Å². The topological polar surface area (TPSA) is 125 Å². The Labute approximate surface area is 239 Å². The molecule has 40 heavy (non-hydrogen) atoms. The summed E-state index contributed by atoms with van der Waals surface area (Å²) < 4.78 is 21.7. The van der Waals surface area contributed by atoms with Crippen molar-refractivity contribution in [2.45, 2.75) is 9.79 Å². The highest BCUT2D eigenvalue weighted by Crippen LogP contribution is 2.40. The third kappa shape index (κ3) is 9.31. The van der Waals surface area contributed by atoms with Crippen LogP contribution in [0.2, 0.25) is 0 Å². The number of nitrogens with two attached hydrogens (primary N) is 1. The van der Waals surface area contributed by atoms with Crippen molar-refractivity contribution >= 4 is 29.3 Å². The largest absolute Gasteiger partial charge is 0.599 e. The summed E-state index contributed by atoms with van der Waals surface area (Å²) in [6.07, 6.45) is 0. The molecule has 0 aromatic heterocycles. The molecule has 0 amide bonds. The van der Waals surface area contributed by atoms with Crippen molar-refractivity contribution < 1.29 is 18.9 Å². The number of fused-ring (bicyclic) bond motifs is 2. The molecule has 11 nitrogen and oxygen atoms in total. The van der Waals surface area contributed by atoms with E-state index in [1.165, 1.54) is 15.4 Å². The molecule has 0 bridgehead atoms. The monoisotopic (exact) mass is 571 g/mol. The van der Waals surface area contributed by atoms with Crippen molar-refractivity contribution in [3.8, 4) is 0 Å². The molecule has 0 saturated carbocycles. The molecule has 0 unspecified atom stereocenters. The lowest BCUT2D eigenvalue weighted by Gasteiger charge is -2.36. The van der Waals surface area contributed by atoms with Crippen molar-refractivity contribution in [1.82, 2.24) is 20.0 Å². The fraction of sp³-hybridized carbons (Fsp3) is 0.500. The number of rotatable bonds is 14. The molecule has 1 saturated heterocycles. The second-order valence-corrected chi connectivity index (χ2v) is 10.2. The standard InChI is InChI=1S/C28H38N6O5S/c29-9-16-36-19-20-37-17-10-30-28(32-35)39-22-21-38-18-15-33-11-13-34(14-12-33)27-23-5-1-3-7-25(23)40-26-8-4-2-6-24(26)31-27/h1-8H,9-22,29H2/p+1. The summed E-state index contributed by atoms with van der Waals surface area (Å²) in [5, 5.41) is 2.81. The molecule has 0 spiro atoms. The molecular formula is C28H39N6O5S+. The van der Waals surface area contributed by atoms with E-state index in [9.17, 15) is 4.91 Å². The molecule has 2 aromatic rings. The highest BCUT2D eigenvalue weighted by molar-refractivity contribution is 7.99. The number of nitrogens with one attached hydrogen (secondary N) is 1. The number of aliphatic imine (C=N–C) groups is 1. The van der Waals surface area contributed by atoms with Gasteiger partial charge >= 0.3 is 6.02 Å². The second kappa shape index (κ2) is 17.0. The summed E-state index contributed by atoms with van der Waals surface area (Å²) in [6, 6.07) is 16.8. The van der Waals surface area contributed by atoms with Crippen LogP contribution in [-0.2, 0) is 18.9 Å². The third-order valence-electron chi connectivity index (χ3n) is 6.37. The molecule has 4 rings (SSSR count). The Hall–Kier alpha value is -2.96. The quantitative estimate of drug-likeness (QED) is 0.150. The summed E-state index contributed by atoms with van der Waals surface area (Å²) in [5.74, 6) is 1.05. The first-order valence-electron chi connectivity index (χ1n) is 13.7. The summed E-state index contributed by atoms with van der Waals surface area (Å²) in [4.78, 5) is 26.1. The van der Waals surface area contributed by atoms with Crippen LogP contribution in [0.3, 0.4) is 0 Å². The number of hydrogen-bond acceptors (Lipinski definition) is 10. The molecule has 0 aliphatic carbocycles. The minimum Gasteiger partial charge on any atom is -0.413 e. The summed E-state index contributed by atoms with van der Waals surface area (Å²) >= 11 is 1.78. The van der Waals surface area contributed by atoms with Gasteiger partial charge in [-0.05, 0) is 18.2 Å². The Kier molecular flexibility index (Phi) is 12.7. The van der Waals surface area contributed by atoms with Crippen molar-refractivity contribution in [3.63, 3.8) is 0 Å². The molecule has 3 N–H and O–H groups in total. The lowest BCUT2D eigenvalue weighted by Crippen LogP contribution is -2.49. The van der Waals surface area contributed by atoms with Crippen molar-refractivity contribution in [2.24, 2.45) is 10.7 Å². The first-order valence-corrected chi connectivity index (χ1v) is 14.5. The van der Waals surface area contributed by atoms with E-state index in [0.29, 0.717) is 52.7 Å². The summed E-state index contributed by atoms with van der Waals surface area (Å²) in [7, 11) is 0. The Balaban J connectivity index is 1.11. The maximum absolute atomic E-state index is 11.0. The van der Waals surface area contributed by atoms with E-state index in [-0.39, 0.29) is 12.6 Å². The lowest BCUT2D eigenvalue weighted by atomic mass is 10.1. The molecule has 2 aromatic carbocycles. The smallest absolute Gasteiger partial charge is 0.413 e. The molecule has 2 aliphatic rings. The average Bonchev–Trinajstić information content (AvgIpc) is 3.16. The molecule has 1 fully saturated rings. The normalized spacial score (nSPS) is 14.9. The second-order valence-electron chi connectivity index (χ2n) is 9.13. The highest BCUT2D eigenvalue weighted by Gasteiger charge is 2.25. The minimum absolute atomic E-state index is 0.0632. The number of benzene rings is 2. The van der Waals surface area contributed by atoms with Gasteiger partial charge in [-0.25, -0.2) is 10.3 Å². The van der Waals surface area contributed by atoms with E-state index in [1.54, 1.807) is 11.8 Å². The third-order valence-corrected chi connectivity index (χ3v) is 7.51. The maximum Gasteiger partial charge on any atom is 0.599 e. The van der Waals surface area contributed by atoms with Crippen LogP contribution in [0, 0.1) is 4.91 Å². The summed E-state index contributed by atoms with van der Waals surface area (Å²) in [5.41, 5.74) is 7.56. The van der Waals surface area contributed by atoms with Crippen molar-refractivity contribution in [1.29, 1.82) is 0 Å². The van der Waals surface area contributed by atoms with E-state index in [4.69, 9.17) is 29.7 Å². The highest BCUT2D eigenvalue weighted by atomic mass is 32.2. The van der Waals surface area contributed by atoms with E-state index in [1.807, 2.05) is 6.07 Å². The van der Waals surface area contributed by atoms with Gasteiger partial charge in [-0.2, -0.15) is 0 Å². The van der Waals surface area contributed by atoms with Gasteiger partial charge in [0.15, 0.2) is 0 Å². The van der Waals surface area contributed by atoms with Gasteiger partial charge in [-0.1, -0.05) is 42.1 Å². The van der Waals surface area contributed by atoms with Crippen LogP contribution in [0.5, 0.6) is 0 Å². The van der Waals surface area contributed by atoms with E-state index in [2.05, 4.69) is 62.4 Å². The van der Waals surface area contributed by atoms with Gasteiger partial charge in [0, 0.05) is 54.6 Å². The van der Waals surface area contributed by atoms with Crippen LogP contribution in [0.4, 0.5) is 5.69 Å². The van der Waals surface area contributed by atoms with Gasteiger partial charge in [0.25, 0.3) is 0 Å². The van der Waals surface area contributed by atoms with Gasteiger partial charge in [-0.3, -0.25) is 4.90 Å². The SMILES string of the molecule is NCCOCCOCCNC(=[N+]=O)OCCOCCN1CCN(C2=Nc3ccccc3Sc3ccccc32)CC1. The Morgan fingerprint density at radius 2 is 1.57 bits per heavy atom. The van der Waals surface area contributed by atoms with Gasteiger partial charge in [0.2, 0.25) is 0 Å². The van der Waals surface area contributed by atoms with E-state index < -0.39 is 0 Å². The molecule has 0 atom stereocenters. The molecule has 216 valence electrons. The molecular weight excluding hydrogens is 532 g/mol. The van der Waals surface area contributed by atoms with Crippen LogP contribution in [-0.4, -0.2) is 114 Å². The average molecular weight is 572 g/mol. The predicted molar refractivity (Wildman–Crippen MR) is 157 cm³/mol. The van der Waals surface area contributed by atoms with Gasteiger partial charge < -0.3 is 29.6 Å². The van der Waals surface area contributed by atoms with Gasteiger partial charge in [-0.15, -0.1) is 0 Å². The Morgan fingerprint density at radius 3 is 2.38 bits per heavy atom. The zero-order valence-corrected chi connectivity index (χ0v) is 23.7. The fourth-order valence-electron chi connectivity index (χ4n) is 4.33. The van der Waals surface area contributed by atoms with Crippen LogP contribution in [0.25, 0.3) is 0 Å². The number of piperazine rings is 1. The van der Waals surface area contributed by atoms with Gasteiger partial charge in [0.1, 0.15) is 23.8 Å². The van der Waals surface area contributed by atoms with Crippen LogP contribution in [0.1, 0.15) is 5.56 Å². The number of ether oxygens (including phenoxy) is 4. The number of nitrogens with zero attached hydrogens (tertiary/aromatic N) is 4.